The van der Waals surface area contributed by atoms with Crippen molar-refractivity contribution in [3.8, 4) is 0 Å². The average molecular weight is 517 g/mol. The number of carboxylic acid groups (broad SMARTS) is 1. The summed E-state index contributed by atoms with van der Waals surface area (Å²) in [5, 5.41) is 11.7. The summed E-state index contributed by atoms with van der Waals surface area (Å²) < 4.78 is -0.718. The van der Waals surface area contributed by atoms with E-state index in [1.54, 1.807) is 51.1 Å². The van der Waals surface area contributed by atoms with Gasteiger partial charge in [0.2, 0.25) is 5.91 Å². The molecular weight excluding hydrogens is 488 g/mol. The zero-order chi connectivity index (χ0) is 26.4. The Labute approximate surface area is 212 Å². The Morgan fingerprint density at radius 1 is 1.11 bits per heavy atom. The predicted octanol–water partition coefficient (Wildman–Crippen LogP) is 0.850. The second-order valence-electron chi connectivity index (χ2n) is 9.51. The maximum absolute atomic E-state index is 13.4. The Morgan fingerprint density at radius 2 is 1.78 bits per heavy atom. The molecule has 36 heavy (non-hydrogen) atoms. The number of imide groups is 1. The maximum Gasteiger partial charge on any atom is 0.327 e. The van der Waals surface area contributed by atoms with Crippen LogP contribution >= 0.6 is 11.8 Å². The minimum Gasteiger partial charge on any atom is -0.480 e. The summed E-state index contributed by atoms with van der Waals surface area (Å²) >= 11 is 1.34. The van der Waals surface area contributed by atoms with E-state index in [2.05, 4.69) is 5.32 Å². The van der Waals surface area contributed by atoms with E-state index in [0.717, 1.165) is 4.90 Å². The Morgan fingerprint density at radius 3 is 2.39 bits per heavy atom. The number of β-lactam (4-membered cyclic amide) rings is 1. The van der Waals surface area contributed by atoms with Crippen LogP contribution in [0.25, 0.3) is 0 Å². The molecule has 0 spiro atoms. The summed E-state index contributed by atoms with van der Waals surface area (Å²) in [6.45, 7) is 5.78. The number of ketones is 1. The summed E-state index contributed by atoms with van der Waals surface area (Å²) in [6.07, 6.45) is -0.203. The summed E-state index contributed by atoms with van der Waals surface area (Å²) in [5.74, 6) is -4.41. The van der Waals surface area contributed by atoms with Crippen LogP contribution in [0.2, 0.25) is 0 Å². The van der Waals surface area contributed by atoms with Gasteiger partial charge in [-0.25, -0.2) is 9.59 Å². The number of likely N-dealkylation sites (N-methyl/N-ethyl adjacent to an activating group) is 1. The smallest absolute Gasteiger partial charge is 0.327 e. The van der Waals surface area contributed by atoms with Crippen molar-refractivity contribution in [2.45, 2.75) is 49.4 Å². The van der Waals surface area contributed by atoms with Crippen LogP contribution in [-0.2, 0) is 24.0 Å². The van der Waals surface area contributed by atoms with E-state index in [1.165, 1.54) is 21.6 Å². The Bertz CT molecular complexity index is 1120. The monoisotopic (exact) mass is 516 g/mol. The van der Waals surface area contributed by atoms with Crippen LogP contribution in [0, 0.1) is 5.92 Å². The van der Waals surface area contributed by atoms with Gasteiger partial charge in [0.05, 0.1) is 11.3 Å². The molecule has 0 aromatic heterocycles. The number of nitrogens with zero attached hydrogens (tertiary/aromatic N) is 3. The number of piperazine rings is 1. The highest BCUT2D eigenvalue weighted by molar-refractivity contribution is 8.01. The number of nitrogens with one attached hydrogen (secondary N) is 1. The molecule has 192 valence electrons. The van der Waals surface area contributed by atoms with E-state index in [9.17, 15) is 33.9 Å². The molecule has 3 aliphatic heterocycles. The van der Waals surface area contributed by atoms with Crippen molar-refractivity contribution in [2.75, 3.05) is 19.6 Å². The normalized spacial score (nSPS) is 25.8. The number of urea groups is 1. The van der Waals surface area contributed by atoms with Crippen LogP contribution in [0.4, 0.5) is 4.79 Å². The van der Waals surface area contributed by atoms with E-state index in [-0.39, 0.29) is 19.5 Å². The van der Waals surface area contributed by atoms with Crippen LogP contribution in [0.3, 0.4) is 0 Å². The fraction of sp³-hybridized carbons (Fsp3) is 0.500. The van der Waals surface area contributed by atoms with Crippen LogP contribution < -0.4 is 5.32 Å². The number of Topliss-reactive ketones (excluding diaryl/α,β-unsaturated/α-hetero) is 1. The molecule has 0 bridgehead atoms. The van der Waals surface area contributed by atoms with E-state index in [4.69, 9.17) is 0 Å². The number of thioether (sulfide) groups is 1. The minimum atomic E-state index is -1.15. The lowest BCUT2D eigenvalue weighted by atomic mass is 9.86. The first-order valence-corrected chi connectivity index (χ1v) is 12.6. The third-order valence-corrected chi connectivity index (χ3v) is 8.49. The van der Waals surface area contributed by atoms with Crippen LogP contribution in [-0.4, -0.2) is 91.1 Å². The zero-order valence-corrected chi connectivity index (χ0v) is 21.0. The first-order valence-electron chi connectivity index (χ1n) is 11.7. The molecule has 4 atom stereocenters. The highest BCUT2D eigenvalue weighted by atomic mass is 32.2. The molecule has 0 unspecified atom stereocenters. The molecule has 12 heteroatoms. The lowest BCUT2D eigenvalue weighted by molar-refractivity contribution is -0.164. The number of fused-ring (bicyclic) bond motifs is 1. The molecule has 11 nitrogen and oxygen atoms in total. The third kappa shape index (κ3) is 4.34. The number of carbonyl (C=O) groups excluding carboxylic acids is 5. The van der Waals surface area contributed by atoms with Gasteiger partial charge in [0.15, 0.2) is 5.78 Å². The van der Waals surface area contributed by atoms with E-state index in [1.807, 2.05) is 0 Å². The van der Waals surface area contributed by atoms with Gasteiger partial charge >= 0.3 is 23.8 Å². The standard InChI is InChI=1S/C24H28N4O7S/c1-4-26-10-11-27(20(32)19(26)31)23(35)25-16(13-8-6-5-7-9-13)15(29)12-14-18(30)28-17(22(33)34)24(2,3)36-21(14)28/h5-9,14,16-17,21H,4,10-12H2,1-3H3,(H,25,35)(H,33,34)/t14-,16-,17+,21-/m1/s1. The van der Waals surface area contributed by atoms with Crippen molar-refractivity contribution in [3.05, 3.63) is 35.9 Å². The number of rotatable bonds is 7. The fourth-order valence-corrected chi connectivity index (χ4v) is 6.66. The van der Waals surface area contributed by atoms with Crippen molar-refractivity contribution in [2.24, 2.45) is 5.92 Å². The molecule has 2 N–H and O–H groups in total. The van der Waals surface area contributed by atoms with Crippen LogP contribution in [0.15, 0.2) is 30.3 Å². The van der Waals surface area contributed by atoms with Crippen molar-refractivity contribution < 1.29 is 33.9 Å². The summed E-state index contributed by atoms with van der Waals surface area (Å²) in [6, 6.07) is 5.43. The zero-order valence-electron chi connectivity index (χ0n) is 20.2. The van der Waals surface area contributed by atoms with Crippen molar-refractivity contribution in [1.82, 2.24) is 20.0 Å². The first kappa shape index (κ1) is 25.7. The first-order chi connectivity index (χ1) is 17.0. The number of amides is 5. The van der Waals surface area contributed by atoms with Crippen LogP contribution in [0.1, 0.15) is 38.8 Å². The Hall–Kier alpha value is -3.41. The number of aliphatic carboxylic acids is 1. The lowest BCUT2D eigenvalue weighted by Gasteiger charge is -2.43. The second-order valence-corrected chi connectivity index (χ2v) is 11.3. The predicted molar refractivity (Wildman–Crippen MR) is 129 cm³/mol. The summed E-state index contributed by atoms with van der Waals surface area (Å²) in [7, 11) is 0. The second kappa shape index (κ2) is 9.57. The largest absolute Gasteiger partial charge is 0.480 e. The van der Waals surface area contributed by atoms with Gasteiger partial charge in [-0.1, -0.05) is 30.3 Å². The number of carboxylic acids is 1. The highest BCUT2D eigenvalue weighted by Crippen LogP contribution is 2.54. The molecule has 0 radical (unpaired) electrons. The lowest BCUT2D eigenvalue weighted by Crippen LogP contribution is -2.63. The van der Waals surface area contributed by atoms with Crippen molar-refractivity contribution >= 4 is 47.3 Å². The van der Waals surface area contributed by atoms with Crippen molar-refractivity contribution in [1.29, 1.82) is 0 Å². The van der Waals surface area contributed by atoms with E-state index in [0.29, 0.717) is 12.1 Å². The third-order valence-electron chi connectivity index (χ3n) is 6.86. The number of hydrogen-bond donors (Lipinski definition) is 2. The maximum atomic E-state index is 13.4. The van der Waals surface area contributed by atoms with Gasteiger partial charge in [-0.05, 0) is 26.3 Å². The van der Waals surface area contributed by atoms with Gasteiger partial charge in [0, 0.05) is 30.8 Å². The van der Waals surface area contributed by atoms with E-state index >= 15 is 0 Å². The highest BCUT2D eigenvalue weighted by Gasteiger charge is 2.63. The van der Waals surface area contributed by atoms with Gasteiger partial charge in [0.1, 0.15) is 12.1 Å². The molecule has 0 saturated carbocycles. The number of carbonyl (C=O) groups is 6. The average Bonchev–Trinajstić information content (AvgIpc) is 3.10. The van der Waals surface area contributed by atoms with Crippen molar-refractivity contribution in [3.63, 3.8) is 0 Å². The molecule has 3 fully saturated rings. The minimum absolute atomic E-state index is 0.000388. The fourth-order valence-electron chi connectivity index (χ4n) is 4.98. The molecule has 3 saturated heterocycles. The molecule has 3 heterocycles. The topological polar surface area (TPSA) is 144 Å². The molecule has 1 aromatic rings. The van der Waals surface area contributed by atoms with Gasteiger partial charge in [0.25, 0.3) is 0 Å². The van der Waals surface area contributed by atoms with Gasteiger partial charge in [-0.15, -0.1) is 11.8 Å². The molecule has 3 aliphatic rings. The quantitative estimate of drug-likeness (QED) is 0.401. The molecule has 5 amide bonds. The molecule has 0 aliphatic carbocycles. The van der Waals surface area contributed by atoms with Gasteiger partial charge in [-0.3, -0.25) is 24.1 Å². The molecular formula is C24H28N4O7S. The summed E-state index contributed by atoms with van der Waals surface area (Å²) in [5.41, 5.74) is 0.466. The van der Waals surface area contributed by atoms with Gasteiger partial charge < -0.3 is 20.2 Å². The molecule has 1 aromatic carbocycles. The summed E-state index contributed by atoms with van der Waals surface area (Å²) in [4.78, 5) is 79.2. The van der Waals surface area contributed by atoms with Crippen LogP contribution in [0.5, 0.6) is 0 Å². The Kier molecular flexibility index (Phi) is 6.82. The molecule has 4 rings (SSSR count). The number of benzene rings is 1. The SMILES string of the molecule is CCN1CCN(C(=O)N[C@@H](C(=O)C[C@@H]2C(=O)N3[C@@H]2SC(C)(C)[C@@H]3C(=O)O)c2ccccc2)C(=O)C1=O. The van der Waals surface area contributed by atoms with Gasteiger partial charge in [-0.2, -0.15) is 0 Å². The number of hydrogen-bond acceptors (Lipinski definition) is 7. The Balaban J connectivity index is 1.51. The van der Waals surface area contributed by atoms with E-state index < -0.39 is 63.6 Å².